The molecule has 1 aromatic heterocycles. The Labute approximate surface area is 135 Å². The standard InChI is InChI=1S/C14H23N3O3S2/c1-11(2)9-13-16-12(10-21-13)14(18)15-3-4-17-5-7-22(19,20)8-6-17/h10-11H,3-9H2,1-2H3,(H,15,18). The number of amides is 1. The summed E-state index contributed by atoms with van der Waals surface area (Å²) in [5.41, 5.74) is 0.474. The Morgan fingerprint density at radius 3 is 2.73 bits per heavy atom. The summed E-state index contributed by atoms with van der Waals surface area (Å²) in [6.07, 6.45) is 0.889. The summed E-state index contributed by atoms with van der Waals surface area (Å²) in [6.45, 7) is 6.53. The molecular formula is C14H23N3O3S2. The van der Waals surface area contributed by atoms with Crippen molar-refractivity contribution in [1.82, 2.24) is 15.2 Å². The highest BCUT2D eigenvalue weighted by molar-refractivity contribution is 7.91. The van der Waals surface area contributed by atoms with Gasteiger partial charge in [-0.1, -0.05) is 13.8 Å². The Bertz CT molecular complexity index is 597. The molecule has 1 N–H and O–H groups in total. The molecule has 0 saturated carbocycles. The molecule has 0 unspecified atom stereocenters. The molecule has 0 aromatic carbocycles. The van der Waals surface area contributed by atoms with Crippen LogP contribution in [0, 0.1) is 5.92 Å². The molecule has 2 heterocycles. The van der Waals surface area contributed by atoms with Crippen molar-refractivity contribution in [3.63, 3.8) is 0 Å². The summed E-state index contributed by atoms with van der Waals surface area (Å²) >= 11 is 1.52. The highest BCUT2D eigenvalue weighted by atomic mass is 32.2. The van der Waals surface area contributed by atoms with Gasteiger partial charge in [-0.25, -0.2) is 13.4 Å². The van der Waals surface area contributed by atoms with Crippen LogP contribution in [0.1, 0.15) is 29.3 Å². The molecule has 0 aliphatic carbocycles. The zero-order valence-corrected chi connectivity index (χ0v) is 14.7. The van der Waals surface area contributed by atoms with Crippen molar-refractivity contribution in [3.05, 3.63) is 16.1 Å². The fraction of sp³-hybridized carbons (Fsp3) is 0.714. The Morgan fingerprint density at radius 2 is 2.09 bits per heavy atom. The van der Waals surface area contributed by atoms with Gasteiger partial charge in [0.1, 0.15) is 5.69 Å². The molecule has 6 nitrogen and oxygen atoms in total. The maximum Gasteiger partial charge on any atom is 0.270 e. The van der Waals surface area contributed by atoms with Gasteiger partial charge in [-0.2, -0.15) is 0 Å². The van der Waals surface area contributed by atoms with E-state index in [0.29, 0.717) is 37.8 Å². The average Bonchev–Trinajstić information content (AvgIpc) is 2.88. The van der Waals surface area contributed by atoms with E-state index in [0.717, 1.165) is 11.4 Å². The highest BCUT2D eigenvalue weighted by Crippen LogP contribution is 2.14. The third-order valence-corrected chi connectivity index (χ3v) is 6.00. The van der Waals surface area contributed by atoms with E-state index < -0.39 is 9.84 Å². The molecule has 1 saturated heterocycles. The summed E-state index contributed by atoms with van der Waals surface area (Å²) in [5.74, 6) is 0.797. The van der Waals surface area contributed by atoms with E-state index in [4.69, 9.17) is 0 Å². The van der Waals surface area contributed by atoms with Gasteiger partial charge in [0, 0.05) is 38.0 Å². The first kappa shape index (κ1) is 17.4. The molecule has 0 bridgehead atoms. The van der Waals surface area contributed by atoms with E-state index in [1.807, 2.05) is 0 Å². The summed E-state index contributed by atoms with van der Waals surface area (Å²) in [7, 11) is -2.84. The van der Waals surface area contributed by atoms with Crippen molar-refractivity contribution >= 4 is 27.1 Å². The Morgan fingerprint density at radius 1 is 1.41 bits per heavy atom. The molecule has 0 atom stereocenters. The quantitative estimate of drug-likeness (QED) is 0.825. The van der Waals surface area contributed by atoms with Gasteiger partial charge in [-0.3, -0.25) is 9.69 Å². The normalized spacial score (nSPS) is 18.5. The summed E-state index contributed by atoms with van der Waals surface area (Å²) in [4.78, 5) is 18.4. The summed E-state index contributed by atoms with van der Waals surface area (Å²) in [6, 6.07) is 0. The SMILES string of the molecule is CC(C)Cc1nc(C(=O)NCCN2CCS(=O)(=O)CC2)cs1. The number of nitrogens with zero attached hydrogens (tertiary/aromatic N) is 2. The predicted molar refractivity (Wildman–Crippen MR) is 88.1 cm³/mol. The van der Waals surface area contributed by atoms with Gasteiger partial charge in [0.05, 0.1) is 16.5 Å². The lowest BCUT2D eigenvalue weighted by molar-refractivity contribution is 0.0944. The van der Waals surface area contributed by atoms with Gasteiger partial charge < -0.3 is 5.32 Å². The van der Waals surface area contributed by atoms with E-state index in [9.17, 15) is 13.2 Å². The summed E-state index contributed by atoms with van der Waals surface area (Å²) < 4.78 is 22.7. The smallest absolute Gasteiger partial charge is 0.270 e. The first-order valence-electron chi connectivity index (χ1n) is 7.51. The van der Waals surface area contributed by atoms with Crippen molar-refractivity contribution in [2.75, 3.05) is 37.7 Å². The lowest BCUT2D eigenvalue weighted by atomic mass is 10.1. The van der Waals surface area contributed by atoms with Gasteiger partial charge >= 0.3 is 0 Å². The van der Waals surface area contributed by atoms with Gasteiger partial charge in [0.2, 0.25) is 0 Å². The number of nitrogens with one attached hydrogen (secondary N) is 1. The maximum absolute atomic E-state index is 12.0. The number of aromatic nitrogens is 1. The van der Waals surface area contributed by atoms with Crippen molar-refractivity contribution in [3.8, 4) is 0 Å². The van der Waals surface area contributed by atoms with Crippen LogP contribution in [0.15, 0.2) is 5.38 Å². The van der Waals surface area contributed by atoms with Crippen LogP contribution in [-0.4, -0.2) is 61.9 Å². The van der Waals surface area contributed by atoms with Gasteiger partial charge in [0.15, 0.2) is 9.84 Å². The minimum absolute atomic E-state index is 0.157. The van der Waals surface area contributed by atoms with E-state index in [1.165, 1.54) is 11.3 Å². The Hall–Kier alpha value is -0.990. The topological polar surface area (TPSA) is 79.4 Å². The van der Waals surface area contributed by atoms with Gasteiger partial charge in [-0.05, 0) is 5.92 Å². The summed E-state index contributed by atoms with van der Waals surface area (Å²) in [5, 5.41) is 5.63. The molecule has 1 aliphatic rings. The molecule has 2 rings (SSSR count). The van der Waals surface area contributed by atoms with E-state index in [1.54, 1.807) is 5.38 Å². The van der Waals surface area contributed by atoms with Crippen LogP contribution in [0.4, 0.5) is 0 Å². The van der Waals surface area contributed by atoms with Crippen molar-refractivity contribution in [2.24, 2.45) is 5.92 Å². The monoisotopic (exact) mass is 345 g/mol. The van der Waals surface area contributed by atoms with Crippen LogP contribution >= 0.6 is 11.3 Å². The number of rotatable bonds is 6. The average molecular weight is 345 g/mol. The number of hydrogen-bond acceptors (Lipinski definition) is 6. The number of sulfone groups is 1. The lowest BCUT2D eigenvalue weighted by Crippen LogP contribution is -2.43. The molecule has 1 aliphatic heterocycles. The third-order valence-electron chi connectivity index (χ3n) is 3.52. The van der Waals surface area contributed by atoms with Crippen LogP contribution in [0.25, 0.3) is 0 Å². The highest BCUT2D eigenvalue weighted by Gasteiger charge is 2.21. The fourth-order valence-corrected chi connectivity index (χ4v) is 4.52. The molecular weight excluding hydrogens is 322 g/mol. The molecule has 1 fully saturated rings. The second-order valence-corrected chi connectivity index (χ2v) is 9.22. The molecule has 0 spiro atoms. The first-order chi connectivity index (χ1) is 10.4. The first-order valence-corrected chi connectivity index (χ1v) is 10.2. The molecule has 0 radical (unpaired) electrons. The predicted octanol–water partition coefficient (Wildman–Crippen LogP) is 0.802. The number of hydrogen-bond donors (Lipinski definition) is 1. The van der Waals surface area contributed by atoms with Gasteiger partial charge in [-0.15, -0.1) is 11.3 Å². The van der Waals surface area contributed by atoms with Crippen molar-refractivity contribution in [2.45, 2.75) is 20.3 Å². The zero-order valence-electron chi connectivity index (χ0n) is 13.0. The van der Waals surface area contributed by atoms with E-state index >= 15 is 0 Å². The largest absolute Gasteiger partial charge is 0.349 e. The number of thiazole rings is 1. The molecule has 8 heteroatoms. The fourth-order valence-electron chi connectivity index (χ4n) is 2.25. The Kier molecular flexibility index (Phi) is 5.94. The molecule has 22 heavy (non-hydrogen) atoms. The van der Waals surface area contributed by atoms with Crippen LogP contribution < -0.4 is 5.32 Å². The Balaban J connectivity index is 1.73. The van der Waals surface area contributed by atoms with Crippen LogP contribution in [0.5, 0.6) is 0 Å². The minimum atomic E-state index is -2.84. The van der Waals surface area contributed by atoms with Crippen LogP contribution in [0.2, 0.25) is 0 Å². The zero-order chi connectivity index (χ0) is 16.2. The van der Waals surface area contributed by atoms with Crippen LogP contribution in [0.3, 0.4) is 0 Å². The molecule has 1 amide bonds. The lowest BCUT2D eigenvalue weighted by Gasteiger charge is -2.26. The number of carbonyl (C=O) groups is 1. The van der Waals surface area contributed by atoms with Crippen molar-refractivity contribution in [1.29, 1.82) is 0 Å². The third kappa shape index (κ3) is 5.33. The second-order valence-electron chi connectivity index (χ2n) is 5.97. The van der Waals surface area contributed by atoms with Gasteiger partial charge in [0.25, 0.3) is 5.91 Å². The van der Waals surface area contributed by atoms with Crippen LogP contribution in [-0.2, 0) is 16.3 Å². The second kappa shape index (κ2) is 7.52. The minimum Gasteiger partial charge on any atom is -0.349 e. The maximum atomic E-state index is 12.0. The van der Waals surface area contributed by atoms with E-state index in [2.05, 4.69) is 29.0 Å². The molecule has 1 aromatic rings. The van der Waals surface area contributed by atoms with E-state index in [-0.39, 0.29) is 17.4 Å². The number of carbonyl (C=O) groups excluding carboxylic acids is 1. The molecule has 124 valence electrons. The van der Waals surface area contributed by atoms with Crippen molar-refractivity contribution < 1.29 is 13.2 Å².